The molecule has 0 fully saturated rings. The summed E-state index contributed by atoms with van der Waals surface area (Å²) < 4.78 is 0. The summed E-state index contributed by atoms with van der Waals surface area (Å²) in [6.45, 7) is 3.93. The molecule has 0 unspecified atom stereocenters. The maximum Gasteiger partial charge on any atom is 0.161 e. The zero-order valence-electron chi connectivity index (χ0n) is 13.6. The molecular weight excluding hydrogens is 296 g/mol. The van der Waals surface area contributed by atoms with Crippen molar-refractivity contribution < 1.29 is 4.79 Å². The topological polar surface area (TPSA) is 42.9 Å². The summed E-state index contributed by atoms with van der Waals surface area (Å²) in [5.41, 5.74) is 4.97. The zero-order chi connectivity index (χ0) is 16.7. The number of hydrogen-bond acceptors (Lipinski definition) is 3. The molecule has 0 spiro atoms. The van der Waals surface area contributed by atoms with Gasteiger partial charge in [0.05, 0.1) is 5.69 Å². The van der Waals surface area contributed by atoms with E-state index in [-0.39, 0.29) is 0 Å². The zero-order valence-corrected chi connectivity index (χ0v) is 13.6. The van der Waals surface area contributed by atoms with Crippen molar-refractivity contribution in [2.24, 2.45) is 0 Å². The van der Waals surface area contributed by atoms with Gasteiger partial charge in [0.25, 0.3) is 0 Å². The lowest BCUT2D eigenvalue weighted by atomic mass is 9.99. The van der Waals surface area contributed by atoms with Gasteiger partial charge in [-0.15, -0.1) is 0 Å². The Bertz CT molecular complexity index is 1090. The maximum absolute atomic E-state index is 11.6. The number of hydrogen-bond donors (Lipinski definition) is 0. The van der Waals surface area contributed by atoms with E-state index in [1.807, 2.05) is 50.2 Å². The molecule has 2 aromatic carbocycles. The molecule has 0 N–H and O–H groups in total. The molecule has 2 aromatic heterocycles. The highest BCUT2D eigenvalue weighted by Gasteiger charge is 2.12. The minimum atomic E-state index is 0.625. The molecule has 0 saturated heterocycles. The van der Waals surface area contributed by atoms with Crippen LogP contribution in [0.3, 0.4) is 0 Å². The van der Waals surface area contributed by atoms with Crippen molar-refractivity contribution in [2.75, 3.05) is 0 Å². The fourth-order valence-corrected chi connectivity index (χ4v) is 3.30. The highest BCUT2D eigenvalue weighted by molar-refractivity contribution is 6.01. The summed E-state index contributed by atoms with van der Waals surface area (Å²) in [7, 11) is 0. The smallest absolute Gasteiger partial charge is 0.161 e. The summed E-state index contributed by atoms with van der Waals surface area (Å²) in [5, 5.41) is 3.10. The third-order valence-corrected chi connectivity index (χ3v) is 4.33. The lowest BCUT2D eigenvalue weighted by molar-refractivity contribution is 0.112. The van der Waals surface area contributed by atoms with E-state index in [1.54, 1.807) is 0 Å². The van der Waals surface area contributed by atoms with Crippen LogP contribution in [0.15, 0.2) is 54.6 Å². The van der Waals surface area contributed by atoms with E-state index >= 15 is 0 Å². The van der Waals surface area contributed by atoms with Crippen molar-refractivity contribution >= 4 is 28.1 Å². The van der Waals surface area contributed by atoms with Crippen molar-refractivity contribution in [3.63, 3.8) is 0 Å². The van der Waals surface area contributed by atoms with Gasteiger partial charge in [0.15, 0.2) is 11.9 Å². The first-order valence-corrected chi connectivity index (χ1v) is 7.89. The lowest BCUT2D eigenvalue weighted by Crippen LogP contribution is -1.97. The van der Waals surface area contributed by atoms with E-state index in [2.05, 4.69) is 23.2 Å². The average Bonchev–Trinajstić information content (AvgIpc) is 2.59. The van der Waals surface area contributed by atoms with Crippen LogP contribution in [-0.2, 0) is 0 Å². The maximum atomic E-state index is 11.6. The van der Waals surface area contributed by atoms with Gasteiger partial charge in [-0.05, 0) is 42.3 Å². The third kappa shape index (κ3) is 2.26. The summed E-state index contributed by atoms with van der Waals surface area (Å²) in [4.78, 5) is 20.9. The summed E-state index contributed by atoms with van der Waals surface area (Å²) >= 11 is 0. The van der Waals surface area contributed by atoms with Crippen molar-refractivity contribution in [2.45, 2.75) is 13.8 Å². The minimum Gasteiger partial charge on any atom is -0.298 e. The largest absolute Gasteiger partial charge is 0.298 e. The fourth-order valence-electron chi connectivity index (χ4n) is 3.30. The number of carbonyl (C=O) groups is 1. The second kappa shape index (κ2) is 5.53. The second-order valence-electron chi connectivity index (χ2n) is 6.02. The number of pyridine rings is 2. The van der Waals surface area contributed by atoms with E-state index in [1.165, 1.54) is 0 Å². The SMILES string of the molecule is Cc1cc(C)c2c(C=O)cc(-c3cccc4ccccc34)nc2n1. The Balaban J connectivity index is 2.08. The monoisotopic (exact) mass is 312 g/mol. The Morgan fingerprint density at radius 2 is 1.71 bits per heavy atom. The fraction of sp³-hybridized carbons (Fsp3) is 0.0952. The summed E-state index contributed by atoms with van der Waals surface area (Å²) in [6, 6.07) is 18.2. The number of rotatable bonds is 2. The first-order chi connectivity index (χ1) is 11.7. The van der Waals surface area contributed by atoms with Crippen molar-refractivity contribution in [3.8, 4) is 11.3 Å². The van der Waals surface area contributed by atoms with Crippen LogP contribution in [0.5, 0.6) is 0 Å². The Labute approximate surface area is 140 Å². The van der Waals surface area contributed by atoms with Crippen LogP contribution in [0.1, 0.15) is 21.6 Å². The van der Waals surface area contributed by atoms with Crippen LogP contribution >= 0.6 is 0 Å². The number of nitrogens with zero attached hydrogens (tertiary/aromatic N) is 2. The van der Waals surface area contributed by atoms with Crippen LogP contribution in [0.25, 0.3) is 33.1 Å². The molecule has 2 heterocycles. The third-order valence-electron chi connectivity index (χ3n) is 4.33. The van der Waals surface area contributed by atoms with Crippen LogP contribution in [0.2, 0.25) is 0 Å². The molecular formula is C21H16N2O. The number of fused-ring (bicyclic) bond motifs is 2. The highest BCUT2D eigenvalue weighted by atomic mass is 16.1. The number of aryl methyl sites for hydroxylation is 2. The van der Waals surface area contributed by atoms with Gasteiger partial charge in [-0.2, -0.15) is 0 Å². The van der Waals surface area contributed by atoms with Crippen molar-refractivity contribution in [1.82, 2.24) is 9.97 Å². The molecule has 0 aliphatic rings. The van der Waals surface area contributed by atoms with Crippen LogP contribution in [0.4, 0.5) is 0 Å². The number of aromatic nitrogens is 2. The predicted octanol–water partition coefficient (Wildman–Crippen LogP) is 4.88. The predicted molar refractivity (Wildman–Crippen MR) is 97.3 cm³/mol. The summed E-state index contributed by atoms with van der Waals surface area (Å²) in [6.07, 6.45) is 0.892. The van der Waals surface area contributed by atoms with E-state index in [9.17, 15) is 4.79 Å². The van der Waals surface area contributed by atoms with E-state index in [4.69, 9.17) is 4.98 Å². The molecule has 4 rings (SSSR count). The Morgan fingerprint density at radius 1 is 0.917 bits per heavy atom. The second-order valence-corrected chi connectivity index (χ2v) is 6.02. The first kappa shape index (κ1) is 14.5. The Morgan fingerprint density at radius 3 is 2.54 bits per heavy atom. The Kier molecular flexibility index (Phi) is 3.35. The number of benzene rings is 2. The van der Waals surface area contributed by atoms with Gasteiger partial charge in [-0.1, -0.05) is 42.5 Å². The minimum absolute atomic E-state index is 0.625. The quantitative estimate of drug-likeness (QED) is 0.495. The average molecular weight is 312 g/mol. The molecule has 0 atom stereocenters. The van der Waals surface area contributed by atoms with Gasteiger partial charge in [0.1, 0.15) is 0 Å². The summed E-state index contributed by atoms with van der Waals surface area (Å²) in [5.74, 6) is 0. The highest BCUT2D eigenvalue weighted by Crippen LogP contribution is 2.30. The number of carbonyl (C=O) groups excluding carboxylic acids is 1. The molecule has 116 valence electrons. The van der Waals surface area contributed by atoms with E-state index in [0.717, 1.165) is 45.0 Å². The molecule has 24 heavy (non-hydrogen) atoms. The van der Waals surface area contributed by atoms with Gasteiger partial charge in [0.2, 0.25) is 0 Å². The molecule has 3 heteroatoms. The van der Waals surface area contributed by atoms with Gasteiger partial charge in [0, 0.05) is 22.2 Å². The van der Waals surface area contributed by atoms with Gasteiger partial charge >= 0.3 is 0 Å². The molecule has 3 nitrogen and oxygen atoms in total. The van der Waals surface area contributed by atoms with Crippen LogP contribution < -0.4 is 0 Å². The first-order valence-electron chi connectivity index (χ1n) is 7.89. The standard InChI is InChI=1S/C21H16N2O/c1-13-10-14(2)22-21-20(13)16(12-24)11-19(23-21)18-9-5-7-15-6-3-4-8-17(15)18/h3-12H,1-2H3. The van der Waals surface area contributed by atoms with Crippen molar-refractivity contribution in [1.29, 1.82) is 0 Å². The van der Waals surface area contributed by atoms with Gasteiger partial charge in [-0.3, -0.25) is 4.79 Å². The van der Waals surface area contributed by atoms with Gasteiger partial charge < -0.3 is 0 Å². The molecule has 0 bridgehead atoms. The molecule has 0 amide bonds. The number of aldehydes is 1. The van der Waals surface area contributed by atoms with E-state index < -0.39 is 0 Å². The normalized spacial score (nSPS) is 11.1. The van der Waals surface area contributed by atoms with Crippen molar-refractivity contribution in [3.05, 3.63) is 71.4 Å². The molecule has 0 saturated carbocycles. The molecule has 0 aliphatic heterocycles. The van der Waals surface area contributed by atoms with E-state index in [0.29, 0.717) is 11.2 Å². The lowest BCUT2D eigenvalue weighted by Gasteiger charge is -2.10. The van der Waals surface area contributed by atoms with Crippen LogP contribution in [-0.4, -0.2) is 16.3 Å². The van der Waals surface area contributed by atoms with Crippen LogP contribution in [0, 0.1) is 13.8 Å². The Hall–Kier alpha value is -3.07. The molecule has 0 radical (unpaired) electrons. The van der Waals surface area contributed by atoms with Gasteiger partial charge in [-0.25, -0.2) is 9.97 Å². The molecule has 0 aliphatic carbocycles. The molecule has 4 aromatic rings.